The molecule has 1 amide bonds. The van der Waals surface area contributed by atoms with Crippen molar-refractivity contribution in [1.29, 1.82) is 0 Å². The van der Waals surface area contributed by atoms with Gasteiger partial charge in [0.2, 0.25) is 15.9 Å². The number of aryl methyl sites for hydroxylation is 1. The number of rotatable bonds is 5. The van der Waals surface area contributed by atoms with Gasteiger partial charge < -0.3 is 19.1 Å². The molecule has 2 aromatic rings. The van der Waals surface area contributed by atoms with Crippen molar-refractivity contribution in [3.63, 3.8) is 0 Å². The van der Waals surface area contributed by atoms with Gasteiger partial charge >= 0.3 is 5.97 Å². The van der Waals surface area contributed by atoms with Crippen LogP contribution < -0.4 is 4.90 Å². The molecule has 2 aliphatic rings. The molecule has 33 heavy (non-hydrogen) atoms. The second kappa shape index (κ2) is 9.36. The number of piperazine rings is 1. The highest BCUT2D eigenvalue weighted by Crippen LogP contribution is 2.29. The van der Waals surface area contributed by atoms with Crippen LogP contribution in [0.15, 0.2) is 41.4 Å². The van der Waals surface area contributed by atoms with Gasteiger partial charge in [0, 0.05) is 56.7 Å². The Morgan fingerprint density at radius 3 is 2.48 bits per heavy atom. The minimum absolute atomic E-state index is 0.0177. The number of esters is 1. The molecule has 1 aromatic carbocycles. The van der Waals surface area contributed by atoms with E-state index in [1.54, 1.807) is 11.9 Å². The smallest absolute Gasteiger partial charge is 0.354 e. The average molecular weight is 495 g/mol. The topological polar surface area (TPSA) is 92.2 Å². The Bertz CT molecular complexity index is 1160. The molecule has 178 valence electrons. The number of halogens is 1. The molecule has 0 aliphatic carbocycles. The molecule has 2 saturated heterocycles. The van der Waals surface area contributed by atoms with Crippen LogP contribution in [0.5, 0.6) is 0 Å². The number of carbonyl (C=O) groups is 2. The molecule has 0 unspecified atom stereocenters. The minimum atomic E-state index is -3.94. The molecule has 2 fully saturated rings. The number of sulfonamides is 1. The lowest BCUT2D eigenvalue weighted by molar-refractivity contribution is -0.134. The summed E-state index contributed by atoms with van der Waals surface area (Å²) in [5.41, 5.74) is 1.14. The normalized spacial score (nSPS) is 19.7. The molecule has 1 atom stereocenters. The molecule has 0 radical (unpaired) electrons. The van der Waals surface area contributed by atoms with Gasteiger partial charge in [-0.25, -0.2) is 13.2 Å². The van der Waals surface area contributed by atoms with Crippen molar-refractivity contribution >= 4 is 39.2 Å². The van der Waals surface area contributed by atoms with Crippen molar-refractivity contribution in [2.75, 3.05) is 44.7 Å². The van der Waals surface area contributed by atoms with E-state index in [4.69, 9.17) is 16.3 Å². The lowest BCUT2D eigenvalue weighted by Crippen LogP contribution is -2.54. The third-order valence-corrected chi connectivity index (χ3v) is 8.34. The van der Waals surface area contributed by atoms with Crippen LogP contribution in [0.25, 0.3) is 0 Å². The van der Waals surface area contributed by atoms with Gasteiger partial charge in [-0.2, -0.15) is 4.31 Å². The summed E-state index contributed by atoms with van der Waals surface area (Å²) in [4.78, 5) is 29.1. The maximum Gasteiger partial charge on any atom is 0.354 e. The fourth-order valence-corrected chi connectivity index (χ4v) is 6.37. The summed E-state index contributed by atoms with van der Waals surface area (Å²) in [6.45, 7) is 2.57. The Kier molecular flexibility index (Phi) is 6.69. The maximum absolute atomic E-state index is 13.3. The number of carbonyl (C=O) groups excluding carboxylic acids is 2. The molecule has 11 heteroatoms. The van der Waals surface area contributed by atoms with E-state index in [-0.39, 0.29) is 23.0 Å². The first-order valence-corrected chi connectivity index (χ1v) is 12.6. The molecule has 0 N–H and O–H groups in total. The predicted octanol–water partition coefficient (Wildman–Crippen LogP) is 1.97. The van der Waals surface area contributed by atoms with Crippen LogP contribution in [0.4, 0.5) is 5.69 Å². The Morgan fingerprint density at radius 2 is 1.82 bits per heavy atom. The summed E-state index contributed by atoms with van der Waals surface area (Å²) in [6, 6.07) is 8.15. The molecule has 0 bridgehead atoms. The predicted molar refractivity (Wildman–Crippen MR) is 124 cm³/mol. The van der Waals surface area contributed by atoms with Gasteiger partial charge in [0.05, 0.1) is 7.11 Å². The van der Waals surface area contributed by atoms with Crippen LogP contribution in [-0.2, 0) is 26.6 Å². The van der Waals surface area contributed by atoms with Gasteiger partial charge in [0.15, 0.2) is 0 Å². The van der Waals surface area contributed by atoms with E-state index in [9.17, 15) is 18.0 Å². The molecule has 2 aliphatic heterocycles. The van der Waals surface area contributed by atoms with E-state index in [0.29, 0.717) is 44.0 Å². The first-order valence-electron chi connectivity index (χ1n) is 10.8. The number of benzene rings is 1. The van der Waals surface area contributed by atoms with Crippen LogP contribution in [0, 0.1) is 0 Å². The minimum Gasteiger partial charge on any atom is -0.464 e. The number of aromatic nitrogens is 1. The number of anilines is 1. The zero-order chi connectivity index (χ0) is 23.8. The fraction of sp³-hybridized carbons (Fsp3) is 0.455. The summed E-state index contributed by atoms with van der Waals surface area (Å²) < 4.78 is 34.1. The van der Waals surface area contributed by atoms with Crippen molar-refractivity contribution < 1.29 is 22.7 Å². The van der Waals surface area contributed by atoms with Crippen molar-refractivity contribution in [2.24, 2.45) is 7.05 Å². The summed E-state index contributed by atoms with van der Waals surface area (Å²) in [5.74, 6) is -0.795. The Morgan fingerprint density at radius 1 is 1.09 bits per heavy atom. The van der Waals surface area contributed by atoms with Gasteiger partial charge in [-0.3, -0.25) is 4.79 Å². The van der Waals surface area contributed by atoms with Gasteiger partial charge in [0.1, 0.15) is 16.6 Å². The van der Waals surface area contributed by atoms with E-state index in [1.807, 2.05) is 24.3 Å². The highest BCUT2D eigenvalue weighted by molar-refractivity contribution is 7.89. The van der Waals surface area contributed by atoms with Crippen LogP contribution in [0.1, 0.15) is 23.3 Å². The number of nitrogens with zero attached hydrogens (tertiary/aromatic N) is 4. The monoisotopic (exact) mass is 494 g/mol. The van der Waals surface area contributed by atoms with E-state index in [1.165, 1.54) is 28.2 Å². The van der Waals surface area contributed by atoms with E-state index >= 15 is 0 Å². The van der Waals surface area contributed by atoms with Crippen LogP contribution in [0.2, 0.25) is 5.02 Å². The van der Waals surface area contributed by atoms with Crippen LogP contribution >= 0.6 is 11.6 Å². The Balaban J connectivity index is 1.47. The third-order valence-electron chi connectivity index (χ3n) is 6.23. The summed E-state index contributed by atoms with van der Waals surface area (Å²) >= 11 is 6.09. The molecule has 3 heterocycles. The van der Waals surface area contributed by atoms with Gasteiger partial charge in [-0.05, 0) is 37.1 Å². The first-order chi connectivity index (χ1) is 15.7. The molecule has 1 aromatic heterocycles. The summed E-state index contributed by atoms with van der Waals surface area (Å²) in [5, 5.41) is 0.661. The maximum atomic E-state index is 13.3. The molecular weight excluding hydrogens is 468 g/mol. The first kappa shape index (κ1) is 23.6. The van der Waals surface area contributed by atoms with Crippen LogP contribution in [0.3, 0.4) is 0 Å². The van der Waals surface area contributed by atoms with E-state index in [2.05, 4.69) is 4.90 Å². The number of ether oxygens (including phenoxy) is 1. The molecule has 0 spiro atoms. The SMILES string of the molecule is COC(=O)c1cc(S(=O)(=O)N2CCC[C@H]2C(=O)N2CCN(c3cccc(Cl)c3)CC2)cn1C. The van der Waals surface area contributed by atoms with E-state index in [0.717, 1.165) is 5.69 Å². The Hall–Kier alpha value is -2.56. The molecular formula is C22H27ClN4O5S. The summed E-state index contributed by atoms with van der Waals surface area (Å²) in [6.07, 6.45) is 2.46. The van der Waals surface area contributed by atoms with E-state index < -0.39 is 22.0 Å². The highest BCUT2D eigenvalue weighted by atomic mass is 35.5. The number of methoxy groups -OCH3 is 1. The average Bonchev–Trinajstić information content (AvgIpc) is 3.46. The third kappa shape index (κ3) is 4.60. The number of amides is 1. The molecule has 0 saturated carbocycles. The van der Waals surface area contributed by atoms with Crippen LogP contribution in [-0.4, -0.2) is 79.9 Å². The second-order valence-corrected chi connectivity index (χ2v) is 10.6. The lowest BCUT2D eigenvalue weighted by Gasteiger charge is -2.38. The largest absolute Gasteiger partial charge is 0.464 e. The molecule has 4 rings (SSSR count). The van der Waals surface area contributed by atoms with Gasteiger partial charge in [-0.15, -0.1) is 0 Å². The van der Waals surface area contributed by atoms with Gasteiger partial charge in [0.25, 0.3) is 0 Å². The van der Waals surface area contributed by atoms with Crippen molar-refractivity contribution in [1.82, 2.24) is 13.8 Å². The summed E-state index contributed by atoms with van der Waals surface area (Å²) in [7, 11) is -1.12. The number of hydrogen-bond acceptors (Lipinski definition) is 6. The fourth-order valence-electron chi connectivity index (χ4n) is 4.46. The zero-order valence-corrected chi connectivity index (χ0v) is 20.2. The highest BCUT2D eigenvalue weighted by Gasteiger charge is 2.42. The second-order valence-electron chi connectivity index (χ2n) is 8.23. The van der Waals surface area contributed by atoms with Crippen molar-refractivity contribution in [3.05, 3.63) is 47.2 Å². The van der Waals surface area contributed by atoms with Crippen molar-refractivity contribution in [2.45, 2.75) is 23.8 Å². The Labute approximate surface area is 198 Å². The quantitative estimate of drug-likeness (QED) is 0.590. The lowest BCUT2D eigenvalue weighted by atomic mass is 10.1. The molecule has 9 nitrogen and oxygen atoms in total. The van der Waals surface area contributed by atoms with Gasteiger partial charge in [-0.1, -0.05) is 17.7 Å². The number of hydrogen-bond donors (Lipinski definition) is 0. The van der Waals surface area contributed by atoms with Crippen molar-refractivity contribution in [3.8, 4) is 0 Å². The standard InChI is InChI=1S/C22H27ClN4O5S/c1-24-15-18(14-20(24)22(29)32-2)33(30,31)27-8-4-7-19(27)21(28)26-11-9-25(10-12-26)17-6-3-5-16(23)13-17/h3,5-6,13-15,19H,4,7-12H2,1-2H3/t19-/m0/s1. The zero-order valence-electron chi connectivity index (χ0n) is 18.6.